The van der Waals surface area contributed by atoms with E-state index in [0.29, 0.717) is 24.8 Å². The molecule has 2 aromatic rings. The lowest BCUT2D eigenvalue weighted by molar-refractivity contribution is 0.0456. The highest BCUT2D eigenvalue weighted by atomic mass is 32.2. The van der Waals surface area contributed by atoms with E-state index in [1.54, 1.807) is 6.08 Å². The van der Waals surface area contributed by atoms with Gasteiger partial charge in [-0.1, -0.05) is 25.3 Å². The second-order valence-corrected chi connectivity index (χ2v) is 10.9. The third-order valence-electron chi connectivity index (χ3n) is 6.34. The molecule has 0 unspecified atom stereocenters. The Morgan fingerprint density at radius 1 is 1.27 bits per heavy atom. The maximum Gasteiger partial charge on any atom is 0.269 e. The highest BCUT2D eigenvalue weighted by Gasteiger charge is 2.35. The summed E-state index contributed by atoms with van der Waals surface area (Å²) in [7, 11) is -0.339. The molecule has 200 valence electrons. The molecule has 0 spiro atoms. The monoisotopic (exact) mass is 536 g/mol. The predicted molar refractivity (Wildman–Crippen MR) is 137 cm³/mol. The molecule has 37 heavy (non-hydrogen) atoms. The molecule has 3 rings (SSSR count). The molecule has 1 aliphatic carbocycles. The highest BCUT2D eigenvalue weighted by Crippen LogP contribution is 2.37. The lowest BCUT2D eigenvalue weighted by Gasteiger charge is -2.40. The van der Waals surface area contributed by atoms with Gasteiger partial charge in [-0.05, 0) is 69.1 Å². The van der Waals surface area contributed by atoms with E-state index in [9.17, 15) is 21.6 Å². The van der Waals surface area contributed by atoms with Crippen LogP contribution in [0.4, 0.5) is 19.0 Å². The van der Waals surface area contributed by atoms with Crippen LogP contribution >= 0.6 is 0 Å². The number of benzene rings is 1. The first kappa shape index (κ1) is 28.4. The lowest BCUT2D eigenvalue weighted by Crippen LogP contribution is -2.47. The quantitative estimate of drug-likeness (QED) is 0.420. The number of sulfonamides is 1. The smallest absolute Gasteiger partial charge is 0.269 e. The SMILES string of the molecule is C=C/C(=C\C(=C)C(C)(F)F)[C@H]1CC[C@H](Oc2ccc(S(=O)(=O)Nc3ccncn3)cc2F)[C@@H](N(C)C)C1. The van der Waals surface area contributed by atoms with Crippen LogP contribution < -0.4 is 9.46 Å². The molecule has 0 radical (unpaired) electrons. The van der Waals surface area contributed by atoms with Crippen molar-refractivity contribution in [2.24, 2.45) is 5.92 Å². The molecule has 7 nitrogen and oxygen atoms in total. The summed E-state index contributed by atoms with van der Waals surface area (Å²) in [5.41, 5.74) is 0.391. The molecule has 0 bridgehead atoms. The summed E-state index contributed by atoms with van der Waals surface area (Å²) < 4.78 is 75.8. The van der Waals surface area contributed by atoms with Gasteiger partial charge in [-0.2, -0.15) is 0 Å². The summed E-state index contributed by atoms with van der Waals surface area (Å²) in [5.74, 6) is -3.92. The van der Waals surface area contributed by atoms with Gasteiger partial charge in [-0.15, -0.1) is 0 Å². The van der Waals surface area contributed by atoms with E-state index >= 15 is 0 Å². The Morgan fingerprint density at radius 2 is 2.00 bits per heavy atom. The topological polar surface area (TPSA) is 84.4 Å². The summed E-state index contributed by atoms with van der Waals surface area (Å²) in [4.78, 5) is 9.20. The Hall–Kier alpha value is -3.18. The first-order valence-electron chi connectivity index (χ1n) is 11.6. The number of hydrogen-bond donors (Lipinski definition) is 1. The standard InChI is InChI=1S/C26H31F3N4O3S/c1-6-18(13-17(2)26(3,28)29)19-7-9-24(22(14-19)33(4)5)36-23-10-8-20(15-21(23)27)37(34,35)32-25-11-12-30-16-31-25/h6,8,10-13,15-16,19,22,24H,1-2,7,9,14H2,3-5H3,(H,30,31,32)/b18-13+/t19-,22-,24-/m0/s1. The third-order valence-corrected chi connectivity index (χ3v) is 7.70. The van der Waals surface area contributed by atoms with Gasteiger partial charge in [0.2, 0.25) is 0 Å². The lowest BCUT2D eigenvalue weighted by atomic mass is 9.78. The van der Waals surface area contributed by atoms with E-state index in [1.807, 2.05) is 19.0 Å². The van der Waals surface area contributed by atoms with Gasteiger partial charge in [0.25, 0.3) is 15.9 Å². The van der Waals surface area contributed by atoms with E-state index in [0.717, 1.165) is 13.0 Å². The number of allylic oxidation sites excluding steroid dienone is 4. The number of likely N-dealkylation sites (N-methyl/N-ethyl adjacent to an activating group) is 1. The number of halogens is 3. The Bertz CT molecular complexity index is 1260. The van der Waals surface area contributed by atoms with Gasteiger partial charge >= 0.3 is 0 Å². The summed E-state index contributed by atoms with van der Waals surface area (Å²) in [6.45, 7) is 8.07. The van der Waals surface area contributed by atoms with Crippen LogP contribution in [0.3, 0.4) is 0 Å². The molecule has 1 heterocycles. The summed E-state index contributed by atoms with van der Waals surface area (Å²) in [6.07, 6.45) is 6.85. The molecule has 1 aromatic carbocycles. The van der Waals surface area contributed by atoms with Crippen LogP contribution in [0.15, 0.2) is 78.1 Å². The minimum Gasteiger partial charge on any atom is -0.486 e. The maximum atomic E-state index is 15.0. The molecular weight excluding hydrogens is 505 g/mol. The number of hydrogen-bond acceptors (Lipinski definition) is 6. The Labute approximate surface area is 215 Å². The van der Waals surface area contributed by atoms with Crippen LogP contribution in [0, 0.1) is 11.7 Å². The summed E-state index contributed by atoms with van der Waals surface area (Å²) in [5, 5.41) is 0. The van der Waals surface area contributed by atoms with Crippen molar-refractivity contribution >= 4 is 15.8 Å². The minimum atomic E-state index is -4.07. The third kappa shape index (κ3) is 7.20. The molecule has 1 N–H and O–H groups in total. The largest absolute Gasteiger partial charge is 0.486 e. The van der Waals surface area contributed by atoms with Crippen molar-refractivity contribution in [2.45, 2.75) is 49.2 Å². The van der Waals surface area contributed by atoms with E-state index in [4.69, 9.17) is 4.74 Å². The van der Waals surface area contributed by atoms with Crippen molar-refractivity contribution in [3.63, 3.8) is 0 Å². The number of alkyl halides is 2. The van der Waals surface area contributed by atoms with E-state index in [-0.39, 0.29) is 34.0 Å². The first-order chi connectivity index (χ1) is 17.3. The van der Waals surface area contributed by atoms with Crippen LogP contribution in [0.1, 0.15) is 26.2 Å². The summed E-state index contributed by atoms with van der Waals surface area (Å²) >= 11 is 0. The zero-order valence-corrected chi connectivity index (χ0v) is 21.8. The minimum absolute atomic E-state index is 0.0471. The van der Waals surface area contributed by atoms with Crippen LogP contribution in [0.25, 0.3) is 0 Å². The summed E-state index contributed by atoms with van der Waals surface area (Å²) in [6, 6.07) is 4.65. The molecule has 0 amide bonds. The number of anilines is 1. The zero-order valence-electron chi connectivity index (χ0n) is 21.0. The molecule has 11 heteroatoms. The van der Waals surface area contributed by atoms with Gasteiger partial charge in [-0.25, -0.2) is 31.6 Å². The van der Waals surface area contributed by atoms with Crippen molar-refractivity contribution in [2.75, 3.05) is 18.8 Å². The number of nitrogens with one attached hydrogen (secondary N) is 1. The van der Waals surface area contributed by atoms with Crippen LogP contribution in [0.2, 0.25) is 0 Å². The zero-order chi connectivity index (χ0) is 27.4. The Balaban J connectivity index is 1.75. The van der Waals surface area contributed by atoms with Crippen molar-refractivity contribution < 1.29 is 26.3 Å². The number of rotatable bonds is 10. The molecular formula is C26H31F3N4O3S. The van der Waals surface area contributed by atoms with Gasteiger partial charge < -0.3 is 9.64 Å². The molecule has 3 atom stereocenters. The van der Waals surface area contributed by atoms with Crippen molar-refractivity contribution in [1.29, 1.82) is 0 Å². The van der Waals surface area contributed by atoms with Gasteiger partial charge in [-0.3, -0.25) is 4.72 Å². The maximum absolute atomic E-state index is 15.0. The molecule has 1 aromatic heterocycles. The number of aromatic nitrogens is 2. The number of ether oxygens (including phenoxy) is 1. The Morgan fingerprint density at radius 3 is 2.57 bits per heavy atom. The highest BCUT2D eigenvalue weighted by molar-refractivity contribution is 7.92. The second-order valence-electron chi connectivity index (χ2n) is 9.25. The van der Waals surface area contributed by atoms with E-state index in [2.05, 4.69) is 27.8 Å². The van der Waals surface area contributed by atoms with Gasteiger partial charge in [0.15, 0.2) is 11.6 Å². The van der Waals surface area contributed by atoms with Crippen LogP contribution in [-0.4, -0.2) is 55.4 Å². The number of nitrogens with zero attached hydrogens (tertiary/aromatic N) is 3. The average Bonchev–Trinajstić information content (AvgIpc) is 2.83. The van der Waals surface area contributed by atoms with Crippen LogP contribution in [-0.2, 0) is 10.0 Å². The molecule has 0 aliphatic heterocycles. The first-order valence-corrected chi connectivity index (χ1v) is 13.1. The van der Waals surface area contributed by atoms with E-state index in [1.165, 1.54) is 36.8 Å². The average molecular weight is 537 g/mol. The fraction of sp³-hybridized carbons (Fsp3) is 0.385. The van der Waals surface area contributed by atoms with Crippen molar-refractivity contribution in [1.82, 2.24) is 14.9 Å². The van der Waals surface area contributed by atoms with Gasteiger partial charge in [0.1, 0.15) is 18.2 Å². The normalized spacial score (nSPS) is 20.9. The molecule has 1 aliphatic rings. The van der Waals surface area contributed by atoms with Crippen molar-refractivity contribution in [3.05, 3.63) is 79.1 Å². The molecule has 1 fully saturated rings. The van der Waals surface area contributed by atoms with Gasteiger partial charge in [0.05, 0.1) is 4.90 Å². The molecule has 1 saturated carbocycles. The fourth-order valence-corrected chi connectivity index (χ4v) is 5.25. The predicted octanol–water partition coefficient (Wildman–Crippen LogP) is 5.22. The van der Waals surface area contributed by atoms with Crippen LogP contribution in [0.5, 0.6) is 5.75 Å². The van der Waals surface area contributed by atoms with Gasteiger partial charge in [0, 0.05) is 24.7 Å². The fourth-order valence-electron chi connectivity index (χ4n) is 4.23. The van der Waals surface area contributed by atoms with E-state index < -0.39 is 27.9 Å². The van der Waals surface area contributed by atoms with Crippen molar-refractivity contribution in [3.8, 4) is 5.75 Å². The molecule has 0 saturated heterocycles. The Kier molecular flexibility index (Phi) is 8.80. The second kappa shape index (κ2) is 11.5.